The Kier molecular flexibility index (Phi) is 4.48. The average molecular weight is 313 g/mol. The van der Waals surface area contributed by atoms with E-state index < -0.39 is 18.0 Å². The predicted octanol–water partition coefficient (Wildman–Crippen LogP) is 3.23. The fraction of sp³-hybridized carbons (Fsp3) is 0.357. The molecule has 0 saturated heterocycles. The summed E-state index contributed by atoms with van der Waals surface area (Å²) in [6.45, 7) is 2.02. The van der Waals surface area contributed by atoms with Crippen LogP contribution in [-0.2, 0) is 11.0 Å². The molecule has 8 heteroatoms. The lowest BCUT2D eigenvalue weighted by molar-refractivity contribution is -0.144. The van der Waals surface area contributed by atoms with E-state index in [9.17, 15) is 18.0 Å². The Balaban J connectivity index is 2.35. The van der Waals surface area contributed by atoms with Gasteiger partial charge in [-0.2, -0.15) is 13.2 Å². The molecular formula is C14H14F3N3O2. The number of nitrogens with zero attached hydrogens (tertiary/aromatic N) is 2. The first-order chi connectivity index (χ1) is 10.3. The first kappa shape index (κ1) is 16.0. The first-order valence-electron chi connectivity index (χ1n) is 6.58. The minimum atomic E-state index is -4.64. The highest BCUT2D eigenvalue weighted by Crippen LogP contribution is 2.30. The highest BCUT2D eigenvalue weighted by atomic mass is 19.4. The van der Waals surface area contributed by atoms with Crippen LogP contribution in [0.4, 0.5) is 19.0 Å². The van der Waals surface area contributed by atoms with Gasteiger partial charge in [0.25, 0.3) is 0 Å². The van der Waals surface area contributed by atoms with Gasteiger partial charge in [-0.05, 0) is 25.5 Å². The number of carboxylic acid groups (broad SMARTS) is 1. The molecule has 1 aromatic carbocycles. The Morgan fingerprint density at radius 1 is 1.32 bits per heavy atom. The second-order valence-electron chi connectivity index (χ2n) is 4.84. The van der Waals surface area contributed by atoms with Crippen LogP contribution in [0.3, 0.4) is 0 Å². The zero-order valence-corrected chi connectivity index (χ0v) is 11.7. The summed E-state index contributed by atoms with van der Waals surface area (Å²) in [5.74, 6) is -2.11. The van der Waals surface area contributed by atoms with Crippen LogP contribution in [0, 0.1) is 6.92 Å². The highest BCUT2D eigenvalue weighted by molar-refractivity contribution is 5.89. The van der Waals surface area contributed by atoms with Gasteiger partial charge in [0.1, 0.15) is 5.82 Å². The van der Waals surface area contributed by atoms with Gasteiger partial charge in [-0.1, -0.05) is 11.6 Å². The second kappa shape index (κ2) is 6.17. The summed E-state index contributed by atoms with van der Waals surface area (Å²) in [5, 5.41) is 11.8. The quantitative estimate of drug-likeness (QED) is 0.829. The molecule has 0 radical (unpaired) electrons. The van der Waals surface area contributed by atoms with Crippen LogP contribution in [0.15, 0.2) is 18.2 Å². The van der Waals surface area contributed by atoms with Crippen molar-refractivity contribution in [3.63, 3.8) is 0 Å². The van der Waals surface area contributed by atoms with Crippen LogP contribution >= 0.6 is 0 Å². The van der Waals surface area contributed by atoms with Crippen molar-refractivity contribution in [1.82, 2.24) is 9.97 Å². The van der Waals surface area contributed by atoms with Crippen LogP contribution in [0.2, 0.25) is 0 Å². The minimum Gasteiger partial charge on any atom is -0.481 e. The topological polar surface area (TPSA) is 75.1 Å². The average Bonchev–Trinajstić information content (AvgIpc) is 2.42. The monoisotopic (exact) mass is 313 g/mol. The molecule has 0 fully saturated rings. The maximum atomic E-state index is 12.8. The molecule has 118 valence electrons. The molecular weight excluding hydrogens is 299 g/mol. The smallest absolute Gasteiger partial charge is 0.451 e. The predicted molar refractivity (Wildman–Crippen MR) is 74.6 cm³/mol. The third-order valence-corrected chi connectivity index (χ3v) is 2.96. The van der Waals surface area contributed by atoms with E-state index in [1.165, 1.54) is 6.07 Å². The Bertz CT molecular complexity index is 702. The van der Waals surface area contributed by atoms with Gasteiger partial charge in [-0.3, -0.25) is 4.79 Å². The Labute approximate surface area is 124 Å². The van der Waals surface area contributed by atoms with Crippen LogP contribution in [0.5, 0.6) is 0 Å². The molecule has 1 aromatic heterocycles. The number of carbonyl (C=O) groups is 1. The van der Waals surface area contributed by atoms with Gasteiger partial charge in [0.15, 0.2) is 0 Å². The zero-order valence-electron chi connectivity index (χ0n) is 11.7. The van der Waals surface area contributed by atoms with Crippen LogP contribution in [0.25, 0.3) is 10.9 Å². The number of fused-ring (bicyclic) bond motifs is 1. The normalized spacial score (nSPS) is 11.6. The van der Waals surface area contributed by atoms with Crippen molar-refractivity contribution in [2.24, 2.45) is 0 Å². The molecule has 0 aliphatic rings. The molecule has 0 saturated carbocycles. The fourth-order valence-corrected chi connectivity index (χ4v) is 1.95. The lowest BCUT2D eigenvalue weighted by atomic mass is 10.1. The van der Waals surface area contributed by atoms with Gasteiger partial charge in [-0.15, -0.1) is 0 Å². The molecule has 0 amide bonds. The Morgan fingerprint density at radius 2 is 2.05 bits per heavy atom. The van der Waals surface area contributed by atoms with E-state index in [-0.39, 0.29) is 30.7 Å². The summed E-state index contributed by atoms with van der Waals surface area (Å²) < 4.78 is 38.5. The van der Waals surface area contributed by atoms with Gasteiger partial charge in [0, 0.05) is 18.4 Å². The summed E-state index contributed by atoms with van der Waals surface area (Å²) >= 11 is 0. The van der Waals surface area contributed by atoms with E-state index in [1.807, 2.05) is 6.92 Å². The second-order valence-corrected chi connectivity index (χ2v) is 4.84. The molecule has 0 bridgehead atoms. The van der Waals surface area contributed by atoms with Crippen LogP contribution < -0.4 is 5.32 Å². The summed E-state index contributed by atoms with van der Waals surface area (Å²) in [4.78, 5) is 17.5. The van der Waals surface area contributed by atoms with Crippen LogP contribution in [0.1, 0.15) is 24.2 Å². The third-order valence-electron chi connectivity index (χ3n) is 2.96. The highest BCUT2D eigenvalue weighted by Gasteiger charge is 2.35. The summed E-state index contributed by atoms with van der Waals surface area (Å²) in [7, 11) is 0. The van der Waals surface area contributed by atoms with Crippen molar-refractivity contribution < 1.29 is 23.1 Å². The van der Waals surface area contributed by atoms with E-state index in [2.05, 4.69) is 15.3 Å². The minimum absolute atomic E-state index is 0.0615. The summed E-state index contributed by atoms with van der Waals surface area (Å²) in [6, 6.07) is 4.86. The Morgan fingerprint density at radius 3 is 2.68 bits per heavy atom. The largest absolute Gasteiger partial charge is 0.481 e. The van der Waals surface area contributed by atoms with Crippen molar-refractivity contribution in [3.8, 4) is 0 Å². The van der Waals surface area contributed by atoms with E-state index in [1.54, 1.807) is 12.1 Å². The number of nitrogens with one attached hydrogen (secondary N) is 1. The summed E-state index contributed by atoms with van der Waals surface area (Å²) in [6.07, 6.45) is -4.42. The van der Waals surface area contributed by atoms with Crippen molar-refractivity contribution >= 4 is 22.7 Å². The number of benzene rings is 1. The molecule has 0 unspecified atom stereocenters. The number of halogens is 3. The van der Waals surface area contributed by atoms with E-state index in [0.29, 0.717) is 5.39 Å². The van der Waals surface area contributed by atoms with Crippen LogP contribution in [-0.4, -0.2) is 27.6 Å². The molecule has 22 heavy (non-hydrogen) atoms. The molecule has 0 atom stereocenters. The summed E-state index contributed by atoms with van der Waals surface area (Å²) in [5.41, 5.74) is 1.05. The molecule has 2 rings (SSSR count). The van der Waals surface area contributed by atoms with Gasteiger partial charge in [0.05, 0.1) is 5.52 Å². The number of hydrogen-bond donors (Lipinski definition) is 2. The molecule has 2 aromatic rings. The van der Waals surface area contributed by atoms with E-state index >= 15 is 0 Å². The number of anilines is 1. The number of alkyl halides is 3. The molecule has 0 spiro atoms. The standard InChI is InChI=1S/C14H14F3N3O2/c1-8-4-5-10-9(7-8)12(18-6-2-3-11(21)22)20-13(19-10)14(15,16)17/h4-5,7H,2-3,6H2,1H3,(H,21,22)(H,18,19,20). The first-order valence-corrected chi connectivity index (χ1v) is 6.58. The molecule has 1 heterocycles. The van der Waals surface area contributed by atoms with E-state index in [4.69, 9.17) is 5.11 Å². The Hall–Kier alpha value is -2.38. The van der Waals surface area contributed by atoms with Crippen molar-refractivity contribution in [1.29, 1.82) is 0 Å². The number of rotatable bonds is 5. The third kappa shape index (κ3) is 3.84. The van der Waals surface area contributed by atoms with Crippen molar-refractivity contribution in [3.05, 3.63) is 29.6 Å². The van der Waals surface area contributed by atoms with Gasteiger partial charge >= 0.3 is 12.1 Å². The SMILES string of the molecule is Cc1ccc2nc(C(F)(F)F)nc(NCCCC(=O)O)c2c1. The number of hydrogen-bond acceptors (Lipinski definition) is 4. The number of aromatic nitrogens is 2. The molecule has 2 N–H and O–H groups in total. The van der Waals surface area contributed by atoms with Crippen molar-refractivity contribution in [2.45, 2.75) is 25.9 Å². The number of carboxylic acids is 1. The lowest BCUT2D eigenvalue weighted by Crippen LogP contribution is -2.14. The number of aryl methyl sites for hydroxylation is 1. The molecule has 0 aliphatic heterocycles. The van der Waals surface area contributed by atoms with E-state index in [0.717, 1.165) is 5.56 Å². The van der Waals surface area contributed by atoms with Gasteiger partial charge in [-0.25, -0.2) is 9.97 Å². The molecule has 5 nitrogen and oxygen atoms in total. The number of aliphatic carboxylic acids is 1. The van der Waals surface area contributed by atoms with Gasteiger partial charge in [0.2, 0.25) is 5.82 Å². The maximum Gasteiger partial charge on any atom is 0.451 e. The fourth-order valence-electron chi connectivity index (χ4n) is 1.95. The zero-order chi connectivity index (χ0) is 16.3. The molecule has 0 aliphatic carbocycles. The van der Waals surface area contributed by atoms with Crippen molar-refractivity contribution in [2.75, 3.05) is 11.9 Å². The lowest BCUT2D eigenvalue weighted by Gasteiger charge is -2.12. The maximum absolute atomic E-state index is 12.8. The van der Waals surface area contributed by atoms with Gasteiger partial charge < -0.3 is 10.4 Å².